The van der Waals surface area contributed by atoms with Crippen LogP contribution in [0.4, 0.5) is 9.59 Å². The number of hydrogen-bond acceptors (Lipinski definition) is 3. The maximum atomic E-state index is 12.2. The van der Waals surface area contributed by atoms with Gasteiger partial charge in [0.25, 0.3) is 0 Å². The molecule has 0 aromatic heterocycles. The Morgan fingerprint density at radius 2 is 1.41 bits per heavy atom. The van der Waals surface area contributed by atoms with Crippen molar-refractivity contribution in [1.29, 1.82) is 0 Å². The van der Waals surface area contributed by atoms with E-state index in [0.29, 0.717) is 24.9 Å². The quantitative estimate of drug-likeness (QED) is 0.710. The van der Waals surface area contributed by atoms with Gasteiger partial charge >= 0.3 is 12.1 Å². The fourth-order valence-corrected chi connectivity index (χ4v) is 1.88. The molecule has 3 amide bonds. The van der Waals surface area contributed by atoms with Crippen molar-refractivity contribution in [2.24, 2.45) is 11.8 Å². The van der Waals surface area contributed by atoms with Gasteiger partial charge in [-0.3, -0.25) is 0 Å². The third-order valence-corrected chi connectivity index (χ3v) is 2.53. The molecule has 0 aromatic carbocycles. The van der Waals surface area contributed by atoms with Crippen molar-refractivity contribution in [1.82, 2.24) is 15.5 Å². The van der Waals surface area contributed by atoms with Gasteiger partial charge in [0.1, 0.15) is 5.60 Å². The topological polar surface area (TPSA) is 70.7 Å². The summed E-state index contributed by atoms with van der Waals surface area (Å²) in [5, 5.41) is 5.45. The molecule has 0 aliphatic carbocycles. The molecule has 0 heterocycles. The third-order valence-electron chi connectivity index (χ3n) is 2.53. The third kappa shape index (κ3) is 11.2. The molecule has 0 aromatic rings. The summed E-state index contributed by atoms with van der Waals surface area (Å²) in [4.78, 5) is 25.5. The first kappa shape index (κ1) is 20.5. The average molecular weight is 315 g/mol. The summed E-state index contributed by atoms with van der Waals surface area (Å²) in [5.74, 6) is 0.841. The Bertz CT molecular complexity index is 339. The second-order valence-electron chi connectivity index (χ2n) is 7.35. The van der Waals surface area contributed by atoms with Crippen molar-refractivity contribution in [2.45, 2.75) is 54.1 Å². The van der Waals surface area contributed by atoms with Gasteiger partial charge in [0.05, 0.1) is 0 Å². The van der Waals surface area contributed by atoms with E-state index in [1.165, 1.54) is 0 Å². The first-order valence-corrected chi connectivity index (χ1v) is 8.01. The number of amides is 3. The number of nitrogens with zero attached hydrogens (tertiary/aromatic N) is 1. The Kier molecular flexibility index (Phi) is 8.90. The molecule has 0 spiro atoms. The second-order valence-corrected chi connectivity index (χ2v) is 7.35. The number of hydrogen-bond donors (Lipinski definition) is 2. The summed E-state index contributed by atoms with van der Waals surface area (Å²) in [5.41, 5.74) is -0.515. The zero-order valence-electron chi connectivity index (χ0n) is 15.2. The van der Waals surface area contributed by atoms with Gasteiger partial charge in [-0.15, -0.1) is 0 Å². The molecule has 0 rings (SSSR count). The van der Waals surface area contributed by atoms with Crippen molar-refractivity contribution < 1.29 is 14.3 Å². The Balaban J connectivity index is 4.10. The number of urea groups is 1. The van der Waals surface area contributed by atoms with Crippen molar-refractivity contribution in [3.8, 4) is 0 Å². The fraction of sp³-hybridized carbons (Fsp3) is 0.875. The molecular formula is C16H33N3O3. The van der Waals surface area contributed by atoms with Crippen molar-refractivity contribution in [2.75, 3.05) is 26.2 Å². The van der Waals surface area contributed by atoms with Gasteiger partial charge < -0.3 is 20.3 Å². The molecular weight excluding hydrogens is 282 g/mol. The summed E-state index contributed by atoms with van der Waals surface area (Å²) in [7, 11) is 0. The van der Waals surface area contributed by atoms with Crippen LogP contribution >= 0.6 is 0 Å². The van der Waals surface area contributed by atoms with Gasteiger partial charge in [0.2, 0.25) is 0 Å². The monoisotopic (exact) mass is 315 g/mol. The van der Waals surface area contributed by atoms with Gasteiger partial charge in [0, 0.05) is 26.2 Å². The molecule has 0 aliphatic heterocycles. The highest BCUT2D eigenvalue weighted by atomic mass is 16.6. The average Bonchev–Trinajstić information content (AvgIpc) is 2.30. The zero-order chi connectivity index (χ0) is 17.3. The van der Waals surface area contributed by atoms with Crippen LogP contribution in [0.2, 0.25) is 0 Å². The molecule has 0 fully saturated rings. The molecule has 6 heteroatoms. The number of nitrogens with one attached hydrogen (secondary N) is 2. The molecule has 6 nitrogen and oxygen atoms in total. The van der Waals surface area contributed by atoms with Crippen LogP contribution in [-0.4, -0.2) is 48.8 Å². The van der Waals surface area contributed by atoms with Gasteiger partial charge in [0.15, 0.2) is 0 Å². The number of carbonyl (C=O) groups is 2. The molecule has 130 valence electrons. The summed E-state index contributed by atoms with van der Waals surface area (Å²) in [6.07, 6.45) is -0.469. The highest BCUT2D eigenvalue weighted by molar-refractivity contribution is 5.74. The van der Waals surface area contributed by atoms with E-state index in [-0.39, 0.29) is 6.03 Å². The lowest BCUT2D eigenvalue weighted by molar-refractivity contribution is 0.0528. The molecule has 0 saturated carbocycles. The summed E-state index contributed by atoms with van der Waals surface area (Å²) >= 11 is 0. The van der Waals surface area contributed by atoms with E-state index in [4.69, 9.17) is 4.74 Å². The summed E-state index contributed by atoms with van der Waals surface area (Å²) < 4.78 is 5.12. The van der Waals surface area contributed by atoms with E-state index in [1.807, 2.05) is 25.7 Å². The van der Waals surface area contributed by atoms with Crippen LogP contribution in [0.25, 0.3) is 0 Å². The van der Waals surface area contributed by atoms with E-state index in [9.17, 15) is 9.59 Å². The molecule has 2 N–H and O–H groups in total. The predicted octanol–water partition coefficient (Wildman–Crippen LogP) is 2.83. The molecule has 0 aliphatic rings. The lowest BCUT2D eigenvalue weighted by Gasteiger charge is -2.26. The Labute approximate surface area is 135 Å². The minimum absolute atomic E-state index is 0.0895. The minimum atomic E-state index is -0.515. The lowest BCUT2D eigenvalue weighted by Crippen LogP contribution is -2.46. The SMILES string of the molecule is CC(C)CN(CC(C)C)C(=O)NCCNC(=O)OC(C)(C)C. The minimum Gasteiger partial charge on any atom is -0.444 e. The van der Waals surface area contributed by atoms with E-state index in [1.54, 1.807) is 0 Å². The van der Waals surface area contributed by atoms with Crippen molar-refractivity contribution in [3.05, 3.63) is 0 Å². The molecule has 0 saturated heterocycles. The molecule has 22 heavy (non-hydrogen) atoms. The highest BCUT2D eigenvalue weighted by Crippen LogP contribution is 2.06. The molecule has 0 radical (unpaired) electrons. The van der Waals surface area contributed by atoms with E-state index < -0.39 is 11.7 Å². The van der Waals surface area contributed by atoms with Crippen LogP contribution in [0.15, 0.2) is 0 Å². The van der Waals surface area contributed by atoms with Crippen molar-refractivity contribution in [3.63, 3.8) is 0 Å². The number of ether oxygens (including phenoxy) is 1. The maximum absolute atomic E-state index is 12.2. The number of alkyl carbamates (subject to hydrolysis) is 1. The van der Waals surface area contributed by atoms with Gasteiger partial charge in [-0.1, -0.05) is 27.7 Å². The van der Waals surface area contributed by atoms with Crippen molar-refractivity contribution >= 4 is 12.1 Å². The Hall–Kier alpha value is -1.46. The molecule has 0 atom stereocenters. The van der Waals surface area contributed by atoms with Crippen LogP contribution < -0.4 is 10.6 Å². The van der Waals surface area contributed by atoms with Gasteiger partial charge in [-0.2, -0.15) is 0 Å². The van der Waals surface area contributed by atoms with Gasteiger partial charge in [-0.05, 0) is 32.6 Å². The fourth-order valence-electron chi connectivity index (χ4n) is 1.88. The van der Waals surface area contributed by atoms with E-state index in [0.717, 1.165) is 13.1 Å². The first-order valence-electron chi connectivity index (χ1n) is 8.01. The van der Waals surface area contributed by atoms with E-state index >= 15 is 0 Å². The molecule has 0 unspecified atom stereocenters. The standard InChI is InChI=1S/C16H33N3O3/c1-12(2)10-19(11-13(3)4)14(20)17-8-9-18-15(21)22-16(5,6)7/h12-13H,8-11H2,1-7H3,(H,17,20)(H,18,21). The normalized spacial score (nSPS) is 11.5. The number of carbonyl (C=O) groups excluding carboxylic acids is 2. The Morgan fingerprint density at radius 1 is 0.955 bits per heavy atom. The predicted molar refractivity (Wildman–Crippen MR) is 88.9 cm³/mol. The van der Waals surface area contributed by atoms with E-state index in [2.05, 4.69) is 38.3 Å². The lowest BCUT2D eigenvalue weighted by atomic mass is 10.1. The second kappa shape index (κ2) is 9.54. The van der Waals surface area contributed by atoms with Crippen LogP contribution in [0.1, 0.15) is 48.5 Å². The number of rotatable bonds is 7. The molecule has 0 bridgehead atoms. The van der Waals surface area contributed by atoms with Crippen LogP contribution in [0.3, 0.4) is 0 Å². The zero-order valence-corrected chi connectivity index (χ0v) is 15.2. The smallest absolute Gasteiger partial charge is 0.407 e. The Morgan fingerprint density at radius 3 is 1.82 bits per heavy atom. The summed E-state index contributed by atoms with van der Waals surface area (Å²) in [6.45, 7) is 16.0. The highest BCUT2D eigenvalue weighted by Gasteiger charge is 2.17. The first-order chi connectivity index (χ1) is 10.0. The van der Waals surface area contributed by atoms with Crippen LogP contribution in [0.5, 0.6) is 0 Å². The summed E-state index contributed by atoms with van der Waals surface area (Å²) in [6, 6.07) is -0.0895. The van der Waals surface area contributed by atoms with Crippen LogP contribution in [0, 0.1) is 11.8 Å². The maximum Gasteiger partial charge on any atom is 0.407 e. The van der Waals surface area contributed by atoms with Crippen LogP contribution in [-0.2, 0) is 4.74 Å². The largest absolute Gasteiger partial charge is 0.444 e. The van der Waals surface area contributed by atoms with Gasteiger partial charge in [-0.25, -0.2) is 9.59 Å².